The molecule has 4 heteroatoms. The average Bonchev–Trinajstić information content (AvgIpc) is 2.84. The van der Waals surface area contributed by atoms with Gasteiger partial charge in [0.25, 0.3) is 0 Å². The molecule has 1 atom stereocenters. The number of carbonyl (C=O) groups is 1. The van der Waals surface area contributed by atoms with Gasteiger partial charge in [0, 0.05) is 31.2 Å². The summed E-state index contributed by atoms with van der Waals surface area (Å²) < 4.78 is 2.08. The highest BCUT2D eigenvalue weighted by Gasteiger charge is 2.22. The van der Waals surface area contributed by atoms with Gasteiger partial charge in [-0.15, -0.1) is 0 Å². The molecule has 0 aliphatic carbocycles. The Morgan fingerprint density at radius 1 is 1.29 bits per heavy atom. The van der Waals surface area contributed by atoms with Crippen molar-refractivity contribution >= 4 is 16.8 Å². The fourth-order valence-electron chi connectivity index (χ4n) is 2.16. The number of nitrogens with zero attached hydrogens (tertiary/aromatic N) is 1. The predicted molar refractivity (Wildman–Crippen MR) is 85.0 cm³/mol. The molecule has 21 heavy (non-hydrogen) atoms. The molecule has 4 nitrogen and oxygen atoms in total. The zero-order valence-corrected chi connectivity index (χ0v) is 13.0. The van der Waals surface area contributed by atoms with Crippen molar-refractivity contribution in [2.45, 2.75) is 39.8 Å². The van der Waals surface area contributed by atoms with Crippen LogP contribution in [-0.4, -0.2) is 28.2 Å². The standard InChI is InChI=1S/C17H24N2O2/c1-17(2,3)15(20)12-18-16(21)9-11-19-10-8-13-6-4-5-7-14(13)19/h4-8,10,15,20H,9,11-12H2,1-3H3,(H,18,21). The van der Waals surface area contributed by atoms with Crippen LogP contribution in [0, 0.1) is 5.41 Å². The Morgan fingerprint density at radius 3 is 2.71 bits per heavy atom. The van der Waals surface area contributed by atoms with E-state index in [0.717, 1.165) is 5.52 Å². The van der Waals surface area contributed by atoms with Crippen LogP contribution in [0.2, 0.25) is 0 Å². The Morgan fingerprint density at radius 2 is 2.00 bits per heavy atom. The lowest BCUT2D eigenvalue weighted by Crippen LogP contribution is -2.39. The van der Waals surface area contributed by atoms with Gasteiger partial charge in [-0.2, -0.15) is 0 Å². The summed E-state index contributed by atoms with van der Waals surface area (Å²) in [7, 11) is 0. The Labute approximate surface area is 125 Å². The molecule has 0 saturated carbocycles. The minimum Gasteiger partial charge on any atom is -0.391 e. The van der Waals surface area contributed by atoms with Crippen molar-refractivity contribution in [3.63, 3.8) is 0 Å². The van der Waals surface area contributed by atoms with Crippen molar-refractivity contribution in [1.82, 2.24) is 9.88 Å². The summed E-state index contributed by atoms with van der Waals surface area (Å²) in [6.45, 7) is 6.81. The van der Waals surface area contributed by atoms with Gasteiger partial charge in [-0.1, -0.05) is 39.0 Å². The largest absolute Gasteiger partial charge is 0.391 e. The topological polar surface area (TPSA) is 54.3 Å². The van der Waals surface area contributed by atoms with Crippen LogP contribution < -0.4 is 5.32 Å². The Hall–Kier alpha value is -1.81. The lowest BCUT2D eigenvalue weighted by Gasteiger charge is -2.25. The van der Waals surface area contributed by atoms with Crippen LogP contribution in [0.3, 0.4) is 0 Å². The molecule has 1 aromatic carbocycles. The Balaban J connectivity index is 1.84. The average molecular weight is 288 g/mol. The molecule has 0 radical (unpaired) electrons. The van der Waals surface area contributed by atoms with Crippen LogP contribution in [0.4, 0.5) is 0 Å². The SMILES string of the molecule is CC(C)(C)C(O)CNC(=O)CCn1ccc2ccccc21. The number of benzene rings is 1. The van der Waals surface area contributed by atoms with Gasteiger partial charge >= 0.3 is 0 Å². The number of aliphatic hydroxyl groups excluding tert-OH is 1. The zero-order chi connectivity index (χ0) is 15.5. The molecule has 0 aliphatic heterocycles. The first-order valence-electron chi connectivity index (χ1n) is 7.36. The number of aryl methyl sites for hydroxylation is 1. The maximum absolute atomic E-state index is 11.9. The van der Waals surface area contributed by atoms with E-state index in [1.54, 1.807) is 0 Å². The summed E-state index contributed by atoms with van der Waals surface area (Å²) in [6, 6.07) is 10.2. The molecule has 1 aromatic heterocycles. The molecular formula is C17H24N2O2. The van der Waals surface area contributed by atoms with Crippen molar-refractivity contribution in [3.05, 3.63) is 36.5 Å². The van der Waals surface area contributed by atoms with E-state index in [4.69, 9.17) is 0 Å². The number of fused-ring (bicyclic) bond motifs is 1. The normalized spacial score (nSPS) is 13.3. The highest BCUT2D eigenvalue weighted by molar-refractivity contribution is 5.80. The van der Waals surface area contributed by atoms with Gasteiger partial charge in [-0.3, -0.25) is 4.79 Å². The quantitative estimate of drug-likeness (QED) is 0.888. The van der Waals surface area contributed by atoms with Crippen LogP contribution in [0.5, 0.6) is 0 Å². The van der Waals surface area contributed by atoms with Crippen LogP contribution >= 0.6 is 0 Å². The summed E-state index contributed by atoms with van der Waals surface area (Å²) >= 11 is 0. The number of aromatic nitrogens is 1. The molecule has 114 valence electrons. The Kier molecular flexibility index (Phi) is 4.68. The second-order valence-electron chi connectivity index (χ2n) is 6.50. The third kappa shape index (κ3) is 4.08. The van der Waals surface area contributed by atoms with E-state index in [2.05, 4.69) is 28.1 Å². The maximum Gasteiger partial charge on any atom is 0.221 e. The van der Waals surface area contributed by atoms with E-state index in [9.17, 15) is 9.90 Å². The van der Waals surface area contributed by atoms with E-state index < -0.39 is 6.10 Å². The van der Waals surface area contributed by atoms with E-state index in [1.807, 2.05) is 39.1 Å². The van der Waals surface area contributed by atoms with Gasteiger partial charge < -0.3 is 15.0 Å². The molecular weight excluding hydrogens is 264 g/mol. The second-order valence-corrected chi connectivity index (χ2v) is 6.50. The third-order valence-corrected chi connectivity index (χ3v) is 3.75. The molecule has 0 bridgehead atoms. The second kappa shape index (κ2) is 6.31. The third-order valence-electron chi connectivity index (χ3n) is 3.75. The summed E-state index contributed by atoms with van der Waals surface area (Å²) in [6.07, 6.45) is 1.88. The minimum atomic E-state index is -0.533. The van der Waals surface area contributed by atoms with E-state index >= 15 is 0 Å². The van der Waals surface area contributed by atoms with Crippen LogP contribution in [-0.2, 0) is 11.3 Å². The maximum atomic E-state index is 11.9. The molecule has 0 spiro atoms. The summed E-state index contributed by atoms with van der Waals surface area (Å²) in [5, 5.41) is 13.9. The monoisotopic (exact) mass is 288 g/mol. The minimum absolute atomic E-state index is 0.0314. The fourth-order valence-corrected chi connectivity index (χ4v) is 2.16. The van der Waals surface area contributed by atoms with E-state index in [-0.39, 0.29) is 11.3 Å². The predicted octanol–water partition coefficient (Wildman–Crippen LogP) is 2.55. The molecule has 1 amide bonds. The molecule has 0 fully saturated rings. The zero-order valence-electron chi connectivity index (χ0n) is 13.0. The fraction of sp³-hybridized carbons (Fsp3) is 0.471. The number of para-hydroxylation sites is 1. The molecule has 1 unspecified atom stereocenters. The number of rotatable bonds is 5. The number of amides is 1. The highest BCUT2D eigenvalue weighted by Crippen LogP contribution is 2.18. The first kappa shape index (κ1) is 15.6. The van der Waals surface area contributed by atoms with Crippen LogP contribution in [0.15, 0.2) is 36.5 Å². The number of nitrogens with one attached hydrogen (secondary N) is 1. The first-order valence-corrected chi connectivity index (χ1v) is 7.36. The molecule has 0 saturated heterocycles. The van der Waals surface area contributed by atoms with Crippen molar-refractivity contribution in [2.75, 3.05) is 6.54 Å². The summed E-state index contributed by atoms with van der Waals surface area (Å²) in [4.78, 5) is 11.9. The highest BCUT2D eigenvalue weighted by atomic mass is 16.3. The van der Waals surface area contributed by atoms with Gasteiger partial charge in [0.2, 0.25) is 5.91 Å². The van der Waals surface area contributed by atoms with E-state index in [1.165, 1.54) is 5.39 Å². The first-order chi connectivity index (χ1) is 9.88. The van der Waals surface area contributed by atoms with Crippen molar-refractivity contribution in [3.8, 4) is 0 Å². The lowest BCUT2D eigenvalue weighted by atomic mass is 9.89. The number of hydrogen-bond acceptors (Lipinski definition) is 2. The number of hydrogen-bond donors (Lipinski definition) is 2. The van der Waals surface area contributed by atoms with Crippen LogP contribution in [0.1, 0.15) is 27.2 Å². The van der Waals surface area contributed by atoms with Gasteiger partial charge in [-0.05, 0) is 22.9 Å². The summed E-state index contributed by atoms with van der Waals surface area (Å²) in [5.74, 6) is -0.0314. The van der Waals surface area contributed by atoms with Gasteiger partial charge in [0.05, 0.1) is 6.10 Å². The molecule has 1 heterocycles. The van der Waals surface area contributed by atoms with Gasteiger partial charge in [-0.25, -0.2) is 0 Å². The number of aliphatic hydroxyl groups is 1. The Bertz CT molecular complexity index is 611. The molecule has 2 rings (SSSR count). The van der Waals surface area contributed by atoms with Crippen LogP contribution in [0.25, 0.3) is 10.9 Å². The smallest absolute Gasteiger partial charge is 0.221 e. The van der Waals surface area contributed by atoms with Crippen molar-refractivity contribution in [1.29, 1.82) is 0 Å². The molecule has 0 aliphatic rings. The lowest BCUT2D eigenvalue weighted by molar-refractivity contribution is -0.122. The van der Waals surface area contributed by atoms with E-state index in [0.29, 0.717) is 19.5 Å². The summed E-state index contributed by atoms with van der Waals surface area (Å²) in [5.41, 5.74) is 0.921. The van der Waals surface area contributed by atoms with Crippen molar-refractivity contribution < 1.29 is 9.90 Å². The van der Waals surface area contributed by atoms with Gasteiger partial charge in [0.15, 0.2) is 0 Å². The van der Waals surface area contributed by atoms with Gasteiger partial charge in [0.1, 0.15) is 0 Å². The van der Waals surface area contributed by atoms with Crippen molar-refractivity contribution in [2.24, 2.45) is 5.41 Å². The number of carbonyl (C=O) groups excluding carboxylic acids is 1. The molecule has 2 aromatic rings. The molecule has 2 N–H and O–H groups in total.